The lowest BCUT2D eigenvalue weighted by atomic mass is 10.0. The number of anilines is 1. The normalized spacial score (nSPS) is 21.4. The molecular weight excluding hydrogens is 256 g/mol. The summed E-state index contributed by atoms with van der Waals surface area (Å²) >= 11 is 0. The van der Waals surface area contributed by atoms with Crippen molar-refractivity contribution >= 4 is 11.6 Å². The molecular formula is C15H22N2O3. The predicted octanol–water partition coefficient (Wildman–Crippen LogP) is 1.59. The lowest BCUT2D eigenvalue weighted by Gasteiger charge is -2.36. The van der Waals surface area contributed by atoms with Gasteiger partial charge in [0.15, 0.2) is 6.10 Å². The molecule has 3 N–H and O–H groups in total. The fourth-order valence-corrected chi connectivity index (χ4v) is 2.40. The molecule has 3 unspecified atom stereocenters. The molecule has 1 aromatic rings. The minimum atomic E-state index is -0.760. The molecule has 0 aromatic heterocycles. The van der Waals surface area contributed by atoms with E-state index in [1.807, 2.05) is 13.8 Å². The van der Waals surface area contributed by atoms with Crippen molar-refractivity contribution in [3.05, 3.63) is 23.8 Å². The summed E-state index contributed by atoms with van der Waals surface area (Å²) in [4.78, 5) is 14.0. The standard InChI is InChI=1S/C15H22N2O3/c1-8(2)17-12-7-11(14(18)9(3)16)5-6-13(12)20-10(4)15(17)19/h5-10,14,18H,16H2,1-4H3. The molecule has 5 nitrogen and oxygen atoms in total. The minimum Gasteiger partial charge on any atom is -0.479 e. The van der Waals surface area contributed by atoms with E-state index in [0.29, 0.717) is 17.0 Å². The summed E-state index contributed by atoms with van der Waals surface area (Å²) in [7, 11) is 0. The van der Waals surface area contributed by atoms with E-state index >= 15 is 0 Å². The molecule has 1 heterocycles. The van der Waals surface area contributed by atoms with Gasteiger partial charge in [-0.15, -0.1) is 0 Å². The van der Waals surface area contributed by atoms with Gasteiger partial charge in [0.2, 0.25) is 0 Å². The van der Waals surface area contributed by atoms with Crippen molar-refractivity contribution < 1.29 is 14.6 Å². The van der Waals surface area contributed by atoms with E-state index in [1.54, 1.807) is 36.9 Å². The Kier molecular flexibility index (Phi) is 4.01. The van der Waals surface area contributed by atoms with Gasteiger partial charge in [0, 0.05) is 12.1 Å². The van der Waals surface area contributed by atoms with Gasteiger partial charge in [-0.1, -0.05) is 6.07 Å². The molecule has 1 amide bonds. The third kappa shape index (κ3) is 2.51. The molecule has 20 heavy (non-hydrogen) atoms. The number of carbonyl (C=O) groups is 1. The second kappa shape index (κ2) is 5.42. The van der Waals surface area contributed by atoms with Gasteiger partial charge < -0.3 is 20.5 Å². The molecule has 5 heteroatoms. The zero-order valence-electron chi connectivity index (χ0n) is 12.3. The van der Waals surface area contributed by atoms with Crippen LogP contribution in [0.4, 0.5) is 5.69 Å². The fourth-order valence-electron chi connectivity index (χ4n) is 2.40. The van der Waals surface area contributed by atoms with Crippen LogP contribution in [0.25, 0.3) is 0 Å². The number of rotatable bonds is 3. The van der Waals surface area contributed by atoms with E-state index in [0.717, 1.165) is 0 Å². The highest BCUT2D eigenvalue weighted by Gasteiger charge is 2.33. The Hall–Kier alpha value is -1.59. The smallest absolute Gasteiger partial charge is 0.268 e. The van der Waals surface area contributed by atoms with Crippen molar-refractivity contribution in [2.45, 2.75) is 52.0 Å². The Morgan fingerprint density at radius 1 is 1.35 bits per heavy atom. The molecule has 0 spiro atoms. The number of nitrogens with two attached hydrogens (primary N) is 1. The summed E-state index contributed by atoms with van der Waals surface area (Å²) < 4.78 is 5.62. The molecule has 1 aromatic carbocycles. The van der Waals surface area contributed by atoms with Gasteiger partial charge in [0.25, 0.3) is 5.91 Å². The number of hydrogen-bond acceptors (Lipinski definition) is 4. The molecule has 0 radical (unpaired) electrons. The average molecular weight is 278 g/mol. The SMILES string of the molecule is CC1Oc2ccc(C(O)C(C)N)cc2N(C(C)C)C1=O. The number of hydrogen-bond donors (Lipinski definition) is 2. The van der Waals surface area contributed by atoms with E-state index in [4.69, 9.17) is 10.5 Å². The van der Waals surface area contributed by atoms with Crippen LogP contribution in [0.2, 0.25) is 0 Å². The minimum absolute atomic E-state index is 0.0234. The van der Waals surface area contributed by atoms with Crippen molar-refractivity contribution in [3.63, 3.8) is 0 Å². The first-order valence-corrected chi connectivity index (χ1v) is 6.90. The van der Waals surface area contributed by atoms with Gasteiger partial charge in [-0.05, 0) is 45.4 Å². The third-order valence-electron chi connectivity index (χ3n) is 3.49. The average Bonchev–Trinajstić information content (AvgIpc) is 2.38. The molecule has 1 aliphatic heterocycles. The number of aliphatic hydroxyl groups is 1. The second-order valence-corrected chi connectivity index (χ2v) is 5.59. The van der Waals surface area contributed by atoms with Crippen molar-refractivity contribution in [1.82, 2.24) is 0 Å². The molecule has 2 rings (SSSR count). The Morgan fingerprint density at radius 2 is 2.00 bits per heavy atom. The number of ether oxygens (including phenoxy) is 1. The molecule has 1 aliphatic rings. The molecule has 0 saturated heterocycles. The lowest BCUT2D eigenvalue weighted by molar-refractivity contribution is -0.125. The van der Waals surface area contributed by atoms with Crippen LogP contribution >= 0.6 is 0 Å². The highest BCUT2D eigenvalue weighted by molar-refractivity contribution is 6.00. The van der Waals surface area contributed by atoms with E-state index < -0.39 is 12.2 Å². The summed E-state index contributed by atoms with van der Waals surface area (Å²) in [5, 5.41) is 10.1. The number of amides is 1. The Labute approximate surface area is 119 Å². The zero-order valence-corrected chi connectivity index (χ0v) is 12.3. The maximum Gasteiger partial charge on any atom is 0.268 e. The topological polar surface area (TPSA) is 75.8 Å². The first kappa shape index (κ1) is 14.8. The van der Waals surface area contributed by atoms with Gasteiger partial charge in [0.05, 0.1) is 11.8 Å². The number of carbonyl (C=O) groups excluding carboxylic acids is 1. The van der Waals surface area contributed by atoms with Crippen LogP contribution in [0.5, 0.6) is 5.75 Å². The van der Waals surface area contributed by atoms with Gasteiger partial charge in [-0.25, -0.2) is 0 Å². The van der Waals surface area contributed by atoms with E-state index in [1.165, 1.54) is 0 Å². The van der Waals surface area contributed by atoms with Crippen LogP contribution in [-0.2, 0) is 4.79 Å². The molecule has 0 fully saturated rings. The van der Waals surface area contributed by atoms with Crippen LogP contribution < -0.4 is 15.4 Å². The van der Waals surface area contributed by atoms with Crippen LogP contribution in [0.3, 0.4) is 0 Å². The summed E-state index contributed by atoms with van der Waals surface area (Å²) in [6, 6.07) is 5.00. The Bertz CT molecular complexity index is 514. The van der Waals surface area contributed by atoms with Crippen LogP contribution in [-0.4, -0.2) is 29.2 Å². The second-order valence-electron chi connectivity index (χ2n) is 5.59. The number of aliphatic hydroxyl groups excluding tert-OH is 1. The van der Waals surface area contributed by atoms with Gasteiger partial charge >= 0.3 is 0 Å². The van der Waals surface area contributed by atoms with Crippen LogP contribution in [0, 0.1) is 0 Å². The molecule has 0 bridgehead atoms. The molecule has 3 atom stereocenters. The zero-order chi connectivity index (χ0) is 15.0. The van der Waals surface area contributed by atoms with E-state index in [-0.39, 0.29) is 18.0 Å². The van der Waals surface area contributed by atoms with Crippen molar-refractivity contribution in [1.29, 1.82) is 0 Å². The fraction of sp³-hybridized carbons (Fsp3) is 0.533. The highest BCUT2D eigenvalue weighted by Crippen LogP contribution is 2.37. The number of benzene rings is 1. The van der Waals surface area contributed by atoms with E-state index in [9.17, 15) is 9.90 Å². The van der Waals surface area contributed by atoms with E-state index in [2.05, 4.69) is 0 Å². The number of fused-ring (bicyclic) bond motifs is 1. The highest BCUT2D eigenvalue weighted by atomic mass is 16.5. The summed E-state index contributed by atoms with van der Waals surface area (Å²) in [6.07, 6.45) is -1.25. The monoisotopic (exact) mass is 278 g/mol. The third-order valence-corrected chi connectivity index (χ3v) is 3.49. The maximum absolute atomic E-state index is 12.3. The first-order valence-electron chi connectivity index (χ1n) is 6.90. The van der Waals surface area contributed by atoms with Gasteiger partial charge in [-0.2, -0.15) is 0 Å². The molecule has 110 valence electrons. The Balaban J connectivity index is 2.48. The van der Waals surface area contributed by atoms with Crippen molar-refractivity contribution in [2.75, 3.05) is 4.90 Å². The van der Waals surface area contributed by atoms with Gasteiger partial charge in [-0.3, -0.25) is 4.79 Å². The largest absolute Gasteiger partial charge is 0.479 e. The summed E-state index contributed by atoms with van der Waals surface area (Å²) in [5.74, 6) is 0.589. The molecule has 0 aliphatic carbocycles. The maximum atomic E-state index is 12.3. The van der Waals surface area contributed by atoms with Crippen LogP contribution in [0.15, 0.2) is 18.2 Å². The summed E-state index contributed by atoms with van der Waals surface area (Å²) in [5.41, 5.74) is 7.11. The Morgan fingerprint density at radius 3 is 2.55 bits per heavy atom. The quantitative estimate of drug-likeness (QED) is 0.880. The van der Waals surface area contributed by atoms with Gasteiger partial charge in [0.1, 0.15) is 5.75 Å². The van der Waals surface area contributed by atoms with Crippen molar-refractivity contribution in [2.24, 2.45) is 5.73 Å². The lowest BCUT2D eigenvalue weighted by Crippen LogP contribution is -2.48. The van der Waals surface area contributed by atoms with Crippen LogP contribution in [0.1, 0.15) is 39.4 Å². The summed E-state index contributed by atoms with van der Waals surface area (Å²) in [6.45, 7) is 7.39. The predicted molar refractivity (Wildman–Crippen MR) is 77.8 cm³/mol. The number of nitrogens with zero attached hydrogens (tertiary/aromatic N) is 1. The van der Waals surface area contributed by atoms with Crippen molar-refractivity contribution in [3.8, 4) is 5.75 Å². The first-order chi connectivity index (χ1) is 9.32. The molecule has 0 saturated carbocycles.